The second-order valence-electron chi connectivity index (χ2n) is 7.88. The number of aryl methyl sites for hydroxylation is 2. The highest BCUT2D eigenvalue weighted by atomic mass is 16.4. The Morgan fingerprint density at radius 3 is 2.18 bits per heavy atom. The summed E-state index contributed by atoms with van der Waals surface area (Å²) >= 11 is 0. The smallest absolute Gasteiger partial charge is 0.335 e. The summed E-state index contributed by atoms with van der Waals surface area (Å²) in [5.41, 5.74) is 4.79. The summed E-state index contributed by atoms with van der Waals surface area (Å²) in [5.74, 6) is -1.17. The molecule has 2 N–H and O–H groups in total. The first-order valence-electron chi connectivity index (χ1n) is 11.0. The molecule has 0 aliphatic rings. The number of unbranched alkanes of at least 4 members (excludes halogenated alkanes) is 2. The Balaban J connectivity index is 1.34. The quantitative estimate of drug-likeness (QED) is 0.334. The van der Waals surface area contributed by atoms with E-state index in [0.29, 0.717) is 11.1 Å². The van der Waals surface area contributed by atoms with Crippen LogP contribution in [0.4, 0.5) is 5.69 Å². The molecule has 0 saturated carbocycles. The van der Waals surface area contributed by atoms with Gasteiger partial charge in [0.25, 0.3) is 5.91 Å². The summed E-state index contributed by atoms with van der Waals surface area (Å²) in [7, 11) is 0. The van der Waals surface area contributed by atoms with Gasteiger partial charge in [0.15, 0.2) is 0 Å². The molecule has 166 valence electrons. The zero-order valence-corrected chi connectivity index (χ0v) is 18.2. The fraction of sp³-hybridized carbons (Fsp3) is 0.185. The van der Waals surface area contributed by atoms with Crippen LogP contribution in [-0.4, -0.2) is 27.0 Å². The molecule has 0 spiro atoms. The lowest BCUT2D eigenvalue weighted by Gasteiger charge is -2.11. The zero-order chi connectivity index (χ0) is 23.0. The van der Waals surface area contributed by atoms with Crippen molar-refractivity contribution < 1.29 is 14.7 Å². The second-order valence-corrected chi connectivity index (χ2v) is 7.88. The van der Waals surface area contributed by atoms with Crippen LogP contribution >= 0.6 is 0 Å². The molecular weight excluding hydrogens is 414 g/mol. The SMILES string of the molecule is O=C(Nc1ccccc1CCCCCc1ccccc1C(=O)O)c1cnc2ccccc2n1. The number of nitrogens with one attached hydrogen (secondary N) is 1. The third kappa shape index (κ3) is 5.60. The van der Waals surface area contributed by atoms with Crippen LogP contribution in [0.25, 0.3) is 11.0 Å². The molecular formula is C27H25N3O3. The maximum Gasteiger partial charge on any atom is 0.335 e. The number of benzene rings is 3. The van der Waals surface area contributed by atoms with E-state index in [9.17, 15) is 14.7 Å². The first-order valence-corrected chi connectivity index (χ1v) is 11.0. The van der Waals surface area contributed by atoms with Gasteiger partial charge in [0.2, 0.25) is 0 Å². The van der Waals surface area contributed by atoms with Gasteiger partial charge in [-0.2, -0.15) is 0 Å². The van der Waals surface area contributed by atoms with E-state index in [0.717, 1.165) is 54.4 Å². The van der Waals surface area contributed by atoms with Gasteiger partial charge in [-0.15, -0.1) is 0 Å². The average Bonchev–Trinajstić information content (AvgIpc) is 2.84. The van der Waals surface area contributed by atoms with Crippen LogP contribution in [0.15, 0.2) is 79.0 Å². The summed E-state index contributed by atoms with van der Waals surface area (Å²) < 4.78 is 0. The minimum absolute atomic E-state index is 0.278. The number of aromatic nitrogens is 2. The third-order valence-corrected chi connectivity index (χ3v) is 5.59. The van der Waals surface area contributed by atoms with Gasteiger partial charge in [0.05, 0.1) is 22.8 Å². The Morgan fingerprint density at radius 1 is 0.758 bits per heavy atom. The van der Waals surface area contributed by atoms with Crippen LogP contribution in [0.5, 0.6) is 0 Å². The van der Waals surface area contributed by atoms with Gasteiger partial charge in [-0.1, -0.05) is 55.0 Å². The fourth-order valence-corrected chi connectivity index (χ4v) is 3.87. The molecule has 0 saturated heterocycles. The van der Waals surface area contributed by atoms with Crippen molar-refractivity contribution in [1.29, 1.82) is 0 Å². The molecule has 4 aromatic rings. The monoisotopic (exact) mass is 439 g/mol. The first kappa shape index (κ1) is 22.1. The molecule has 1 heterocycles. The first-order chi connectivity index (χ1) is 16.1. The van der Waals surface area contributed by atoms with Crippen molar-refractivity contribution in [3.05, 3.63) is 101 Å². The minimum Gasteiger partial charge on any atom is -0.478 e. The number of carboxylic acid groups (broad SMARTS) is 1. The molecule has 6 nitrogen and oxygen atoms in total. The number of carbonyl (C=O) groups excluding carboxylic acids is 1. The standard InChI is InChI=1S/C27H25N3O3/c31-26(25-18-28-23-16-8-9-17-24(23)29-25)30-22-15-7-5-13-20(22)12-3-1-2-10-19-11-4-6-14-21(19)27(32)33/h4-9,11,13-18H,1-3,10,12H2,(H,30,31)(H,32,33). The van der Waals surface area contributed by atoms with E-state index in [-0.39, 0.29) is 11.6 Å². The molecule has 3 aromatic carbocycles. The summed E-state index contributed by atoms with van der Waals surface area (Å²) in [4.78, 5) is 32.9. The lowest BCUT2D eigenvalue weighted by atomic mass is 9.99. The van der Waals surface area contributed by atoms with Crippen molar-refractivity contribution >= 4 is 28.6 Å². The van der Waals surface area contributed by atoms with Crippen LogP contribution < -0.4 is 5.32 Å². The Kier molecular flexibility index (Phi) is 7.05. The normalized spacial score (nSPS) is 10.8. The molecule has 4 rings (SSSR count). The van der Waals surface area contributed by atoms with E-state index >= 15 is 0 Å². The number of aromatic carboxylic acids is 1. The zero-order valence-electron chi connectivity index (χ0n) is 18.2. The van der Waals surface area contributed by atoms with Crippen molar-refractivity contribution in [1.82, 2.24) is 9.97 Å². The largest absolute Gasteiger partial charge is 0.478 e. The van der Waals surface area contributed by atoms with Gasteiger partial charge < -0.3 is 10.4 Å². The average molecular weight is 440 g/mol. The van der Waals surface area contributed by atoms with Crippen molar-refractivity contribution in [2.45, 2.75) is 32.1 Å². The molecule has 0 fully saturated rings. The Hall–Kier alpha value is -4.06. The number of anilines is 1. The van der Waals surface area contributed by atoms with Crippen LogP contribution in [0.3, 0.4) is 0 Å². The molecule has 0 aliphatic heterocycles. The number of fused-ring (bicyclic) bond motifs is 1. The Labute approximate surface area is 192 Å². The minimum atomic E-state index is -0.883. The molecule has 0 aliphatic carbocycles. The second kappa shape index (κ2) is 10.5. The number of hydrogen-bond donors (Lipinski definition) is 2. The highest BCUT2D eigenvalue weighted by Gasteiger charge is 2.12. The van der Waals surface area contributed by atoms with Gasteiger partial charge in [0.1, 0.15) is 5.69 Å². The molecule has 0 bridgehead atoms. The van der Waals surface area contributed by atoms with E-state index in [2.05, 4.69) is 15.3 Å². The maximum atomic E-state index is 12.8. The van der Waals surface area contributed by atoms with Crippen molar-refractivity contribution in [2.75, 3.05) is 5.32 Å². The maximum absolute atomic E-state index is 12.8. The summed E-state index contributed by atoms with van der Waals surface area (Å²) in [6, 6.07) is 22.4. The lowest BCUT2D eigenvalue weighted by molar-refractivity contribution is 0.0695. The number of rotatable bonds is 9. The van der Waals surface area contributed by atoms with Crippen LogP contribution in [0.2, 0.25) is 0 Å². The summed E-state index contributed by atoms with van der Waals surface area (Å²) in [6.07, 6.45) is 5.87. The van der Waals surface area contributed by atoms with E-state index in [1.165, 1.54) is 6.20 Å². The van der Waals surface area contributed by atoms with Crippen molar-refractivity contribution in [2.24, 2.45) is 0 Å². The fourth-order valence-electron chi connectivity index (χ4n) is 3.87. The van der Waals surface area contributed by atoms with Gasteiger partial charge in [-0.05, 0) is 61.1 Å². The highest BCUT2D eigenvalue weighted by molar-refractivity contribution is 6.03. The number of carbonyl (C=O) groups is 2. The number of hydrogen-bond acceptors (Lipinski definition) is 4. The topological polar surface area (TPSA) is 92.2 Å². The van der Waals surface area contributed by atoms with Gasteiger partial charge in [-0.25, -0.2) is 9.78 Å². The number of nitrogens with zero attached hydrogens (tertiary/aromatic N) is 2. The molecule has 0 unspecified atom stereocenters. The van der Waals surface area contributed by atoms with Gasteiger partial charge in [0, 0.05) is 5.69 Å². The Morgan fingerprint density at radius 2 is 1.39 bits per heavy atom. The molecule has 0 radical (unpaired) electrons. The number of amides is 1. The predicted octanol–water partition coefficient (Wildman–Crippen LogP) is 5.54. The number of para-hydroxylation sites is 3. The van der Waals surface area contributed by atoms with Crippen LogP contribution in [0, 0.1) is 0 Å². The van der Waals surface area contributed by atoms with Crippen LogP contribution in [-0.2, 0) is 12.8 Å². The van der Waals surface area contributed by atoms with E-state index in [4.69, 9.17) is 0 Å². The van der Waals surface area contributed by atoms with Crippen LogP contribution in [0.1, 0.15) is 51.2 Å². The van der Waals surface area contributed by atoms with Crippen molar-refractivity contribution in [3.8, 4) is 0 Å². The highest BCUT2D eigenvalue weighted by Crippen LogP contribution is 2.20. The van der Waals surface area contributed by atoms with E-state index in [1.807, 2.05) is 60.7 Å². The Bertz CT molecular complexity index is 1290. The molecule has 6 heteroatoms. The third-order valence-electron chi connectivity index (χ3n) is 5.59. The lowest BCUT2D eigenvalue weighted by Crippen LogP contribution is -2.15. The van der Waals surface area contributed by atoms with E-state index in [1.54, 1.807) is 12.1 Å². The summed E-state index contributed by atoms with van der Waals surface area (Å²) in [6.45, 7) is 0. The molecule has 33 heavy (non-hydrogen) atoms. The van der Waals surface area contributed by atoms with Crippen molar-refractivity contribution in [3.63, 3.8) is 0 Å². The molecule has 0 atom stereocenters. The predicted molar refractivity (Wildman–Crippen MR) is 129 cm³/mol. The van der Waals surface area contributed by atoms with Gasteiger partial charge in [-0.3, -0.25) is 9.78 Å². The number of carboxylic acids is 1. The van der Waals surface area contributed by atoms with E-state index < -0.39 is 5.97 Å². The molecule has 1 aromatic heterocycles. The van der Waals surface area contributed by atoms with Gasteiger partial charge >= 0.3 is 5.97 Å². The summed E-state index contributed by atoms with van der Waals surface area (Å²) in [5, 5.41) is 12.3. The molecule has 1 amide bonds.